The van der Waals surface area contributed by atoms with E-state index >= 15 is 0 Å². The first kappa shape index (κ1) is 17.6. The molecule has 0 aliphatic heterocycles. The van der Waals surface area contributed by atoms with Gasteiger partial charge in [0, 0.05) is 12.7 Å². The highest BCUT2D eigenvalue weighted by atomic mass is 32.2. The fourth-order valence-electron chi connectivity index (χ4n) is 1.85. The van der Waals surface area contributed by atoms with Gasteiger partial charge < -0.3 is 15.3 Å². The molecule has 2 atom stereocenters. The number of thioether (sulfide) groups is 1. The molecule has 1 aromatic carbocycles. The molecule has 7 heteroatoms. The number of rotatable bonds is 7. The molecule has 0 bridgehead atoms. The summed E-state index contributed by atoms with van der Waals surface area (Å²) in [7, 11) is 0. The zero-order valence-electron chi connectivity index (χ0n) is 11.5. The topological polar surface area (TPSA) is 94.8 Å². The van der Waals surface area contributed by atoms with Crippen LogP contribution < -0.4 is 0 Å². The first-order valence-corrected chi connectivity index (χ1v) is 7.29. The van der Waals surface area contributed by atoms with Crippen molar-refractivity contribution in [2.45, 2.75) is 32.0 Å². The second-order valence-corrected chi connectivity index (χ2v) is 5.83. The second kappa shape index (κ2) is 8.11. The molecule has 21 heavy (non-hydrogen) atoms. The SMILES string of the molecule is CC(=O)SCCC(O)C(O)c1cc(F)ccc1CC(=O)O. The van der Waals surface area contributed by atoms with Crippen molar-refractivity contribution in [1.29, 1.82) is 0 Å². The minimum Gasteiger partial charge on any atom is -0.481 e. The van der Waals surface area contributed by atoms with E-state index in [1.165, 1.54) is 13.0 Å². The molecule has 0 saturated carbocycles. The van der Waals surface area contributed by atoms with E-state index in [2.05, 4.69) is 0 Å². The predicted molar refractivity (Wildman–Crippen MR) is 76.5 cm³/mol. The molecule has 0 radical (unpaired) electrons. The van der Waals surface area contributed by atoms with Crippen LogP contribution in [0.15, 0.2) is 18.2 Å². The summed E-state index contributed by atoms with van der Waals surface area (Å²) >= 11 is 1.01. The van der Waals surface area contributed by atoms with Gasteiger partial charge in [-0.2, -0.15) is 0 Å². The van der Waals surface area contributed by atoms with Gasteiger partial charge in [-0.1, -0.05) is 17.8 Å². The number of aliphatic hydroxyl groups excluding tert-OH is 2. The quantitative estimate of drug-likeness (QED) is 0.706. The molecule has 0 fully saturated rings. The Morgan fingerprint density at radius 3 is 2.57 bits per heavy atom. The van der Waals surface area contributed by atoms with Crippen LogP contribution in [0.25, 0.3) is 0 Å². The second-order valence-electron chi connectivity index (χ2n) is 4.55. The van der Waals surface area contributed by atoms with Crippen molar-refractivity contribution in [2.24, 2.45) is 0 Å². The van der Waals surface area contributed by atoms with E-state index in [1.807, 2.05) is 0 Å². The minimum absolute atomic E-state index is 0.0534. The van der Waals surface area contributed by atoms with E-state index in [0.717, 1.165) is 23.9 Å². The van der Waals surface area contributed by atoms with Gasteiger partial charge in [-0.05, 0) is 29.7 Å². The molecule has 0 heterocycles. The number of benzene rings is 1. The average Bonchev–Trinajstić information content (AvgIpc) is 2.39. The average molecular weight is 316 g/mol. The van der Waals surface area contributed by atoms with Crippen molar-refractivity contribution in [1.82, 2.24) is 0 Å². The predicted octanol–water partition coefficient (Wildman–Crippen LogP) is 1.52. The smallest absolute Gasteiger partial charge is 0.307 e. The molecule has 0 aliphatic rings. The maximum atomic E-state index is 13.3. The Hall–Kier alpha value is -1.44. The number of aliphatic carboxylic acids is 1. The van der Waals surface area contributed by atoms with E-state index < -0.39 is 24.0 Å². The summed E-state index contributed by atoms with van der Waals surface area (Å²) in [5.41, 5.74) is 0.299. The highest BCUT2D eigenvalue weighted by Gasteiger charge is 2.22. The number of hydrogen-bond acceptors (Lipinski definition) is 5. The van der Waals surface area contributed by atoms with Gasteiger partial charge >= 0.3 is 5.97 Å². The number of halogens is 1. The first-order chi connectivity index (χ1) is 9.81. The van der Waals surface area contributed by atoms with Gasteiger partial charge in [0.05, 0.1) is 12.5 Å². The highest BCUT2D eigenvalue weighted by Crippen LogP contribution is 2.25. The van der Waals surface area contributed by atoms with Gasteiger partial charge in [0.1, 0.15) is 11.9 Å². The zero-order chi connectivity index (χ0) is 16.0. The van der Waals surface area contributed by atoms with Gasteiger partial charge in [0.15, 0.2) is 5.12 Å². The van der Waals surface area contributed by atoms with Crippen molar-refractivity contribution < 1.29 is 29.3 Å². The Morgan fingerprint density at radius 2 is 2.00 bits per heavy atom. The third-order valence-electron chi connectivity index (χ3n) is 2.85. The molecule has 0 spiro atoms. The van der Waals surface area contributed by atoms with Crippen molar-refractivity contribution in [3.63, 3.8) is 0 Å². The van der Waals surface area contributed by atoms with Crippen LogP contribution in [0.1, 0.15) is 30.6 Å². The fraction of sp³-hybridized carbons (Fsp3) is 0.429. The molecule has 0 amide bonds. The Bertz CT molecular complexity index is 520. The van der Waals surface area contributed by atoms with Crippen molar-refractivity contribution in [3.05, 3.63) is 35.1 Å². The van der Waals surface area contributed by atoms with Crippen LogP contribution in [0.3, 0.4) is 0 Å². The van der Waals surface area contributed by atoms with Crippen LogP contribution in [-0.2, 0) is 16.0 Å². The summed E-state index contributed by atoms with van der Waals surface area (Å²) in [4.78, 5) is 21.6. The first-order valence-electron chi connectivity index (χ1n) is 6.31. The Morgan fingerprint density at radius 1 is 1.33 bits per heavy atom. The number of carboxylic acid groups (broad SMARTS) is 1. The molecular weight excluding hydrogens is 299 g/mol. The molecular formula is C14H17FO5S. The Balaban J connectivity index is 2.83. The molecule has 116 valence electrons. The lowest BCUT2D eigenvalue weighted by atomic mass is 9.95. The summed E-state index contributed by atoms with van der Waals surface area (Å²) in [5.74, 6) is -1.42. The van der Waals surface area contributed by atoms with Crippen LogP contribution >= 0.6 is 11.8 Å². The van der Waals surface area contributed by atoms with Gasteiger partial charge in [-0.3, -0.25) is 9.59 Å². The maximum Gasteiger partial charge on any atom is 0.307 e. The largest absolute Gasteiger partial charge is 0.481 e. The third kappa shape index (κ3) is 5.82. The van der Waals surface area contributed by atoms with E-state index in [1.54, 1.807) is 0 Å². The van der Waals surface area contributed by atoms with Gasteiger partial charge in [0.25, 0.3) is 0 Å². The fourth-order valence-corrected chi connectivity index (χ4v) is 2.50. The summed E-state index contributed by atoms with van der Waals surface area (Å²) in [6.45, 7) is 1.39. The van der Waals surface area contributed by atoms with Gasteiger partial charge in [-0.15, -0.1) is 0 Å². The van der Waals surface area contributed by atoms with Crippen molar-refractivity contribution in [2.75, 3.05) is 5.75 Å². The van der Waals surface area contributed by atoms with Crippen LogP contribution in [0.4, 0.5) is 4.39 Å². The van der Waals surface area contributed by atoms with Crippen molar-refractivity contribution in [3.8, 4) is 0 Å². The zero-order valence-corrected chi connectivity index (χ0v) is 12.3. The lowest BCUT2D eigenvalue weighted by Gasteiger charge is -2.20. The van der Waals surface area contributed by atoms with E-state index in [0.29, 0.717) is 5.75 Å². The van der Waals surface area contributed by atoms with Crippen LogP contribution in [-0.4, -0.2) is 38.3 Å². The van der Waals surface area contributed by atoms with Crippen LogP contribution in [0.2, 0.25) is 0 Å². The Kier molecular flexibility index (Phi) is 6.80. The van der Waals surface area contributed by atoms with E-state index in [-0.39, 0.29) is 29.1 Å². The third-order valence-corrected chi connectivity index (χ3v) is 3.70. The van der Waals surface area contributed by atoms with E-state index in [9.17, 15) is 24.2 Å². The summed E-state index contributed by atoms with van der Waals surface area (Å²) in [6, 6.07) is 3.40. The monoisotopic (exact) mass is 316 g/mol. The molecule has 3 N–H and O–H groups in total. The number of aliphatic hydroxyl groups is 2. The number of carbonyl (C=O) groups excluding carboxylic acids is 1. The molecule has 5 nitrogen and oxygen atoms in total. The van der Waals surface area contributed by atoms with Crippen LogP contribution in [0, 0.1) is 5.82 Å². The molecule has 2 unspecified atom stereocenters. The van der Waals surface area contributed by atoms with Gasteiger partial charge in [-0.25, -0.2) is 4.39 Å². The van der Waals surface area contributed by atoms with Crippen molar-refractivity contribution >= 4 is 22.8 Å². The number of hydrogen-bond donors (Lipinski definition) is 3. The Labute approximate surface area is 125 Å². The normalized spacial score (nSPS) is 13.7. The van der Waals surface area contributed by atoms with Crippen LogP contribution in [0.5, 0.6) is 0 Å². The maximum absolute atomic E-state index is 13.3. The number of carbonyl (C=O) groups is 2. The molecule has 0 aliphatic carbocycles. The molecule has 1 rings (SSSR count). The minimum atomic E-state index is -1.40. The highest BCUT2D eigenvalue weighted by molar-refractivity contribution is 8.13. The summed E-state index contributed by atoms with van der Waals surface area (Å²) < 4.78 is 13.3. The molecule has 0 aromatic heterocycles. The summed E-state index contributed by atoms with van der Waals surface area (Å²) in [5, 5.41) is 28.7. The molecule has 1 aromatic rings. The lowest BCUT2D eigenvalue weighted by molar-refractivity contribution is -0.136. The van der Waals surface area contributed by atoms with Gasteiger partial charge in [0.2, 0.25) is 0 Å². The summed E-state index contributed by atoms with van der Waals surface area (Å²) in [6.07, 6.45) is -2.84. The lowest BCUT2D eigenvalue weighted by Crippen LogP contribution is -2.21. The number of carboxylic acids is 1. The standard InChI is InChI=1S/C14H17FO5S/c1-8(16)21-5-4-12(17)14(20)11-7-10(15)3-2-9(11)6-13(18)19/h2-3,7,12,14,17,20H,4-6H2,1H3,(H,18,19). The van der Waals surface area contributed by atoms with E-state index in [4.69, 9.17) is 5.11 Å². The molecule has 0 saturated heterocycles.